The molecule has 27 heavy (non-hydrogen) atoms. The van der Waals surface area contributed by atoms with E-state index in [1.807, 2.05) is 0 Å². The Morgan fingerprint density at radius 1 is 1.07 bits per heavy atom. The molecule has 0 aliphatic heterocycles. The minimum atomic E-state index is -0.551. The van der Waals surface area contributed by atoms with Crippen LogP contribution in [0.3, 0.4) is 0 Å². The molecule has 8 heteroatoms. The number of hydrogen-bond donors (Lipinski definition) is 2. The minimum Gasteiger partial charge on any atom is -0.469 e. The Kier molecular flexibility index (Phi) is 7.34. The van der Waals surface area contributed by atoms with Gasteiger partial charge in [-0.05, 0) is 37.5 Å². The Labute approximate surface area is 157 Å². The largest absolute Gasteiger partial charge is 0.469 e. The van der Waals surface area contributed by atoms with Crippen LogP contribution in [0.4, 0.5) is 5.69 Å². The van der Waals surface area contributed by atoms with Crippen LogP contribution >= 0.6 is 0 Å². The van der Waals surface area contributed by atoms with Gasteiger partial charge in [0, 0.05) is 17.2 Å². The van der Waals surface area contributed by atoms with Crippen molar-refractivity contribution in [3.63, 3.8) is 0 Å². The summed E-state index contributed by atoms with van der Waals surface area (Å²) in [5.41, 5.74) is 0.790. The number of rotatable bonds is 6. The van der Waals surface area contributed by atoms with Gasteiger partial charge >= 0.3 is 11.9 Å². The van der Waals surface area contributed by atoms with E-state index in [2.05, 4.69) is 15.4 Å². The highest BCUT2D eigenvalue weighted by Gasteiger charge is 2.31. The van der Waals surface area contributed by atoms with E-state index in [1.165, 1.54) is 20.3 Å². The van der Waals surface area contributed by atoms with Gasteiger partial charge in [-0.15, -0.1) is 0 Å². The monoisotopic (exact) mass is 376 g/mol. The van der Waals surface area contributed by atoms with Crippen molar-refractivity contribution in [2.45, 2.75) is 25.7 Å². The summed E-state index contributed by atoms with van der Waals surface area (Å²) >= 11 is 0. The van der Waals surface area contributed by atoms with Gasteiger partial charge in [-0.1, -0.05) is 12.5 Å². The minimum absolute atomic E-state index is 0.185. The summed E-state index contributed by atoms with van der Waals surface area (Å²) < 4.78 is 9.25. The van der Waals surface area contributed by atoms with Crippen LogP contribution in [-0.4, -0.2) is 44.5 Å². The van der Waals surface area contributed by atoms with Crippen molar-refractivity contribution in [1.29, 1.82) is 0 Å². The van der Waals surface area contributed by atoms with Gasteiger partial charge in [0.1, 0.15) is 6.54 Å². The molecule has 2 atom stereocenters. The zero-order valence-corrected chi connectivity index (χ0v) is 15.4. The molecular formula is C19H24N2O6. The van der Waals surface area contributed by atoms with Gasteiger partial charge in [0.25, 0.3) is 5.91 Å². The zero-order chi connectivity index (χ0) is 19.8. The van der Waals surface area contributed by atoms with Crippen LogP contribution in [0, 0.1) is 11.8 Å². The molecule has 1 aliphatic carbocycles. The fourth-order valence-electron chi connectivity index (χ4n) is 3.12. The third-order valence-corrected chi connectivity index (χ3v) is 4.59. The van der Waals surface area contributed by atoms with Gasteiger partial charge in [-0.2, -0.15) is 0 Å². The molecule has 0 radical (unpaired) electrons. The molecule has 1 saturated carbocycles. The van der Waals surface area contributed by atoms with Crippen molar-refractivity contribution in [3.8, 4) is 0 Å². The van der Waals surface area contributed by atoms with Crippen LogP contribution < -0.4 is 10.6 Å². The average molecular weight is 376 g/mol. The SMILES string of the molecule is COC(=O)CNC(=O)c1cccc(NC(=O)[C@@H]2CCC[C@@H](C(=O)OC)C2)c1. The van der Waals surface area contributed by atoms with Gasteiger partial charge in [-0.3, -0.25) is 19.2 Å². The van der Waals surface area contributed by atoms with Crippen molar-refractivity contribution in [2.75, 3.05) is 26.1 Å². The molecule has 1 aliphatic rings. The number of amides is 2. The second kappa shape index (κ2) is 9.70. The van der Waals surface area contributed by atoms with E-state index >= 15 is 0 Å². The van der Waals surface area contributed by atoms with Crippen molar-refractivity contribution in [2.24, 2.45) is 11.8 Å². The first kappa shape index (κ1) is 20.4. The van der Waals surface area contributed by atoms with Crippen molar-refractivity contribution in [3.05, 3.63) is 29.8 Å². The van der Waals surface area contributed by atoms with E-state index in [4.69, 9.17) is 4.74 Å². The quantitative estimate of drug-likeness (QED) is 0.728. The number of anilines is 1. The number of methoxy groups -OCH3 is 2. The normalized spacial score (nSPS) is 18.9. The number of benzene rings is 1. The highest BCUT2D eigenvalue weighted by Crippen LogP contribution is 2.30. The highest BCUT2D eigenvalue weighted by molar-refractivity contribution is 5.98. The Morgan fingerprint density at radius 2 is 1.81 bits per heavy atom. The van der Waals surface area contributed by atoms with E-state index in [0.717, 1.165) is 12.8 Å². The third kappa shape index (κ3) is 5.80. The zero-order valence-electron chi connectivity index (χ0n) is 15.4. The van der Waals surface area contributed by atoms with Crippen LogP contribution in [-0.2, 0) is 23.9 Å². The molecule has 0 spiro atoms. The lowest BCUT2D eigenvalue weighted by Gasteiger charge is -2.26. The lowest BCUT2D eigenvalue weighted by molar-refractivity contribution is -0.147. The van der Waals surface area contributed by atoms with Gasteiger partial charge in [0.05, 0.1) is 20.1 Å². The number of carbonyl (C=O) groups excluding carboxylic acids is 4. The van der Waals surface area contributed by atoms with E-state index in [0.29, 0.717) is 24.1 Å². The summed E-state index contributed by atoms with van der Waals surface area (Å²) in [6, 6.07) is 6.43. The lowest BCUT2D eigenvalue weighted by atomic mass is 9.81. The lowest BCUT2D eigenvalue weighted by Crippen LogP contribution is -2.32. The maximum absolute atomic E-state index is 12.5. The first-order chi connectivity index (χ1) is 12.9. The Balaban J connectivity index is 1.96. The molecule has 0 saturated heterocycles. The Morgan fingerprint density at radius 3 is 2.52 bits per heavy atom. The second-order valence-corrected chi connectivity index (χ2v) is 6.41. The molecular weight excluding hydrogens is 352 g/mol. The van der Waals surface area contributed by atoms with E-state index < -0.39 is 11.9 Å². The number of esters is 2. The summed E-state index contributed by atoms with van der Waals surface area (Å²) in [4.78, 5) is 47.4. The highest BCUT2D eigenvalue weighted by atomic mass is 16.5. The molecule has 8 nitrogen and oxygen atoms in total. The van der Waals surface area contributed by atoms with Crippen LogP contribution in [0.5, 0.6) is 0 Å². The summed E-state index contributed by atoms with van der Waals surface area (Å²) in [6.07, 6.45) is 2.68. The molecule has 0 aromatic heterocycles. The first-order valence-corrected chi connectivity index (χ1v) is 8.78. The molecule has 2 amide bonds. The molecule has 146 valence electrons. The molecule has 1 aromatic rings. The predicted octanol–water partition coefficient (Wildman–Crippen LogP) is 1.51. The number of nitrogens with one attached hydrogen (secondary N) is 2. The first-order valence-electron chi connectivity index (χ1n) is 8.78. The van der Waals surface area contributed by atoms with Gasteiger partial charge in [0.15, 0.2) is 0 Å². The molecule has 2 rings (SSSR count). The molecule has 0 heterocycles. The predicted molar refractivity (Wildman–Crippen MR) is 96.9 cm³/mol. The Bertz CT molecular complexity index is 718. The van der Waals surface area contributed by atoms with E-state index in [9.17, 15) is 19.2 Å². The maximum Gasteiger partial charge on any atom is 0.325 e. The summed E-state index contributed by atoms with van der Waals surface area (Å²) in [5, 5.41) is 5.24. The van der Waals surface area contributed by atoms with Gasteiger partial charge in [-0.25, -0.2) is 0 Å². The van der Waals surface area contributed by atoms with E-state index in [1.54, 1.807) is 18.2 Å². The molecule has 1 fully saturated rings. The van der Waals surface area contributed by atoms with Crippen molar-refractivity contribution in [1.82, 2.24) is 5.32 Å². The van der Waals surface area contributed by atoms with Gasteiger partial charge < -0.3 is 20.1 Å². The maximum atomic E-state index is 12.5. The van der Waals surface area contributed by atoms with Crippen LogP contribution in [0.25, 0.3) is 0 Å². The van der Waals surface area contributed by atoms with Gasteiger partial charge in [0.2, 0.25) is 5.91 Å². The smallest absolute Gasteiger partial charge is 0.325 e. The number of ether oxygens (including phenoxy) is 2. The van der Waals surface area contributed by atoms with Crippen LogP contribution in [0.15, 0.2) is 24.3 Å². The number of hydrogen-bond acceptors (Lipinski definition) is 6. The molecule has 0 unspecified atom stereocenters. The number of carbonyl (C=O) groups is 4. The average Bonchev–Trinajstić information content (AvgIpc) is 2.71. The van der Waals surface area contributed by atoms with Crippen molar-refractivity contribution < 1.29 is 28.7 Å². The fourth-order valence-corrected chi connectivity index (χ4v) is 3.12. The second-order valence-electron chi connectivity index (χ2n) is 6.41. The standard InChI is InChI=1S/C19H24N2O6/c1-26-16(22)11-20-17(23)13-6-4-8-15(10-13)21-18(24)12-5-3-7-14(9-12)19(25)27-2/h4,6,8,10,12,14H,3,5,7,9,11H2,1-2H3,(H,20,23)(H,21,24)/t12-,14-/m1/s1. The molecule has 2 N–H and O–H groups in total. The third-order valence-electron chi connectivity index (χ3n) is 4.59. The van der Waals surface area contributed by atoms with Crippen LogP contribution in [0.1, 0.15) is 36.0 Å². The summed E-state index contributed by atoms with van der Waals surface area (Å²) in [6.45, 7) is -0.233. The Hall–Kier alpha value is -2.90. The van der Waals surface area contributed by atoms with E-state index in [-0.39, 0.29) is 30.3 Å². The fraction of sp³-hybridized carbons (Fsp3) is 0.474. The van der Waals surface area contributed by atoms with Crippen LogP contribution in [0.2, 0.25) is 0 Å². The molecule has 1 aromatic carbocycles. The van der Waals surface area contributed by atoms with Crippen molar-refractivity contribution >= 4 is 29.4 Å². The summed E-state index contributed by atoms with van der Waals surface area (Å²) in [7, 11) is 2.59. The molecule has 0 bridgehead atoms. The topological polar surface area (TPSA) is 111 Å². The summed E-state index contributed by atoms with van der Waals surface area (Å²) in [5.74, 6) is -1.99.